The van der Waals surface area contributed by atoms with E-state index in [2.05, 4.69) is 10.6 Å². The summed E-state index contributed by atoms with van der Waals surface area (Å²) in [5.74, 6) is -0.534. The predicted molar refractivity (Wildman–Crippen MR) is 60.8 cm³/mol. The summed E-state index contributed by atoms with van der Waals surface area (Å²) in [6.07, 6.45) is 0. The molecule has 1 aromatic rings. The van der Waals surface area contributed by atoms with Crippen LogP contribution in [0.5, 0.6) is 0 Å². The van der Waals surface area contributed by atoms with E-state index >= 15 is 0 Å². The molecule has 0 unspecified atom stereocenters. The van der Waals surface area contributed by atoms with Crippen molar-refractivity contribution in [1.82, 2.24) is 10.6 Å². The van der Waals surface area contributed by atoms with Crippen LogP contribution in [0.15, 0.2) is 30.3 Å². The molecule has 0 bridgehead atoms. The van der Waals surface area contributed by atoms with E-state index in [1.165, 1.54) is 7.05 Å². The maximum atomic E-state index is 11.6. The average Bonchev–Trinajstić information content (AvgIpc) is 2.35. The predicted octanol–water partition coefficient (Wildman–Crippen LogP) is -0.510. The van der Waals surface area contributed by atoms with Crippen molar-refractivity contribution < 1.29 is 9.59 Å². The normalized spacial score (nSPS) is 11.6. The van der Waals surface area contributed by atoms with E-state index in [1.54, 1.807) is 24.3 Å². The van der Waals surface area contributed by atoms with Gasteiger partial charge in [0.15, 0.2) is 0 Å². The quantitative estimate of drug-likeness (QED) is 0.640. The highest BCUT2D eigenvalue weighted by atomic mass is 16.2. The smallest absolute Gasteiger partial charge is 0.251 e. The third-order valence-electron chi connectivity index (χ3n) is 2.10. The summed E-state index contributed by atoms with van der Waals surface area (Å²) in [6.45, 7) is 0.118. The van der Waals surface area contributed by atoms with Gasteiger partial charge in [0.1, 0.15) is 6.04 Å². The molecule has 4 N–H and O–H groups in total. The number of likely N-dealkylation sites (N-methyl/N-ethyl adjacent to an activating group) is 1. The van der Waals surface area contributed by atoms with E-state index in [0.29, 0.717) is 5.56 Å². The van der Waals surface area contributed by atoms with Crippen LogP contribution in [0.1, 0.15) is 10.4 Å². The van der Waals surface area contributed by atoms with Gasteiger partial charge in [0, 0.05) is 19.2 Å². The van der Waals surface area contributed by atoms with Crippen LogP contribution < -0.4 is 16.4 Å². The number of carbonyl (C=O) groups excluding carboxylic acids is 2. The molecule has 5 nitrogen and oxygen atoms in total. The number of hydrogen-bond acceptors (Lipinski definition) is 3. The van der Waals surface area contributed by atoms with Crippen LogP contribution in [0.25, 0.3) is 0 Å². The third-order valence-corrected chi connectivity index (χ3v) is 2.10. The SMILES string of the molecule is CNC(=O)[C@@H](N)CNC(=O)c1ccccc1. The molecule has 0 aromatic heterocycles. The lowest BCUT2D eigenvalue weighted by Gasteiger charge is -2.11. The molecular formula is C11H15N3O2. The Morgan fingerprint density at radius 2 is 1.94 bits per heavy atom. The van der Waals surface area contributed by atoms with Crippen molar-refractivity contribution in [2.24, 2.45) is 5.73 Å². The zero-order valence-corrected chi connectivity index (χ0v) is 9.07. The summed E-state index contributed by atoms with van der Waals surface area (Å²) in [6, 6.07) is 8.04. The van der Waals surface area contributed by atoms with Crippen molar-refractivity contribution in [2.45, 2.75) is 6.04 Å². The van der Waals surface area contributed by atoms with E-state index in [-0.39, 0.29) is 18.4 Å². The van der Waals surface area contributed by atoms with Gasteiger partial charge in [0.05, 0.1) is 0 Å². The largest absolute Gasteiger partial charge is 0.358 e. The van der Waals surface area contributed by atoms with Gasteiger partial charge in [-0.2, -0.15) is 0 Å². The first-order chi connectivity index (χ1) is 7.65. The molecule has 0 saturated carbocycles. The van der Waals surface area contributed by atoms with Gasteiger partial charge in [-0.05, 0) is 12.1 Å². The fourth-order valence-corrected chi connectivity index (χ4v) is 1.17. The highest BCUT2D eigenvalue weighted by molar-refractivity contribution is 5.94. The standard InChI is InChI=1S/C11H15N3O2/c1-13-11(16)9(12)7-14-10(15)8-5-3-2-4-6-8/h2-6,9H,7,12H2,1H3,(H,13,16)(H,14,15)/t9-/m0/s1. The molecule has 1 atom stereocenters. The second-order valence-corrected chi connectivity index (χ2v) is 3.30. The third kappa shape index (κ3) is 3.36. The first-order valence-electron chi connectivity index (χ1n) is 4.95. The van der Waals surface area contributed by atoms with Crippen LogP contribution in [0.3, 0.4) is 0 Å². The summed E-state index contributed by atoms with van der Waals surface area (Å²) in [5, 5.41) is 5.00. The number of nitrogens with two attached hydrogens (primary N) is 1. The summed E-state index contributed by atoms with van der Waals surface area (Å²) in [5.41, 5.74) is 6.08. The number of nitrogens with one attached hydrogen (secondary N) is 2. The number of hydrogen-bond donors (Lipinski definition) is 3. The zero-order chi connectivity index (χ0) is 12.0. The fourth-order valence-electron chi connectivity index (χ4n) is 1.17. The molecule has 2 amide bonds. The first-order valence-corrected chi connectivity index (χ1v) is 4.95. The van der Waals surface area contributed by atoms with Gasteiger partial charge in [-0.1, -0.05) is 18.2 Å². The van der Waals surface area contributed by atoms with E-state index < -0.39 is 6.04 Å². The van der Waals surface area contributed by atoms with Gasteiger partial charge in [-0.3, -0.25) is 9.59 Å². The van der Waals surface area contributed by atoms with Crippen molar-refractivity contribution in [3.05, 3.63) is 35.9 Å². The second kappa shape index (κ2) is 5.87. The van der Waals surface area contributed by atoms with Gasteiger partial charge in [0.25, 0.3) is 5.91 Å². The van der Waals surface area contributed by atoms with Crippen LogP contribution in [0.2, 0.25) is 0 Å². The fraction of sp³-hybridized carbons (Fsp3) is 0.273. The summed E-state index contributed by atoms with van der Waals surface area (Å²) in [4.78, 5) is 22.6. The lowest BCUT2D eigenvalue weighted by Crippen LogP contribution is -2.46. The Labute approximate surface area is 94.0 Å². The molecule has 0 aliphatic rings. The average molecular weight is 221 g/mol. The second-order valence-electron chi connectivity index (χ2n) is 3.30. The maximum Gasteiger partial charge on any atom is 0.251 e. The lowest BCUT2D eigenvalue weighted by molar-refractivity contribution is -0.121. The Hall–Kier alpha value is -1.88. The summed E-state index contributed by atoms with van der Waals surface area (Å²) >= 11 is 0. The number of rotatable bonds is 4. The maximum absolute atomic E-state index is 11.6. The van der Waals surface area contributed by atoms with E-state index in [1.807, 2.05) is 6.07 Å². The molecule has 5 heteroatoms. The molecular weight excluding hydrogens is 206 g/mol. The minimum Gasteiger partial charge on any atom is -0.358 e. The van der Waals surface area contributed by atoms with Crippen LogP contribution in [0, 0.1) is 0 Å². The van der Waals surface area contributed by atoms with Crippen LogP contribution in [-0.2, 0) is 4.79 Å². The minimum atomic E-state index is -0.724. The van der Waals surface area contributed by atoms with Crippen molar-refractivity contribution in [1.29, 1.82) is 0 Å². The molecule has 1 rings (SSSR count). The van der Waals surface area contributed by atoms with Crippen molar-refractivity contribution >= 4 is 11.8 Å². The molecule has 0 radical (unpaired) electrons. The Morgan fingerprint density at radius 1 is 1.31 bits per heavy atom. The molecule has 0 fully saturated rings. The Morgan fingerprint density at radius 3 is 2.50 bits per heavy atom. The molecule has 16 heavy (non-hydrogen) atoms. The zero-order valence-electron chi connectivity index (χ0n) is 9.07. The summed E-state index contributed by atoms with van der Waals surface area (Å²) < 4.78 is 0. The van der Waals surface area contributed by atoms with Gasteiger partial charge in [-0.15, -0.1) is 0 Å². The van der Waals surface area contributed by atoms with Gasteiger partial charge in [0.2, 0.25) is 5.91 Å². The Bertz CT molecular complexity index is 365. The topological polar surface area (TPSA) is 84.2 Å². The van der Waals surface area contributed by atoms with E-state index in [9.17, 15) is 9.59 Å². The molecule has 0 aliphatic heterocycles. The molecule has 1 aromatic carbocycles. The summed E-state index contributed by atoms with van der Waals surface area (Å²) in [7, 11) is 1.50. The molecule has 0 spiro atoms. The van der Waals surface area contributed by atoms with Crippen LogP contribution in [0.4, 0.5) is 0 Å². The highest BCUT2D eigenvalue weighted by Crippen LogP contribution is 1.97. The number of amides is 2. The van der Waals surface area contributed by atoms with Gasteiger partial charge in [-0.25, -0.2) is 0 Å². The molecule has 0 saturated heterocycles. The van der Waals surface area contributed by atoms with Gasteiger partial charge < -0.3 is 16.4 Å². The Kier molecular flexibility index (Phi) is 4.47. The molecule has 86 valence electrons. The minimum absolute atomic E-state index is 0.118. The van der Waals surface area contributed by atoms with E-state index in [4.69, 9.17) is 5.73 Å². The molecule has 0 aliphatic carbocycles. The lowest BCUT2D eigenvalue weighted by atomic mass is 10.2. The van der Waals surface area contributed by atoms with Crippen molar-refractivity contribution in [3.63, 3.8) is 0 Å². The van der Waals surface area contributed by atoms with Crippen molar-refractivity contribution in [3.8, 4) is 0 Å². The number of benzene rings is 1. The molecule has 0 heterocycles. The monoisotopic (exact) mass is 221 g/mol. The number of carbonyl (C=O) groups is 2. The van der Waals surface area contributed by atoms with E-state index in [0.717, 1.165) is 0 Å². The Balaban J connectivity index is 2.45. The van der Waals surface area contributed by atoms with Crippen LogP contribution in [-0.4, -0.2) is 31.4 Å². The van der Waals surface area contributed by atoms with Gasteiger partial charge >= 0.3 is 0 Å². The van der Waals surface area contributed by atoms with Crippen molar-refractivity contribution in [2.75, 3.05) is 13.6 Å². The first kappa shape index (κ1) is 12.2. The highest BCUT2D eigenvalue weighted by Gasteiger charge is 2.12. The van der Waals surface area contributed by atoms with Crippen LogP contribution >= 0.6 is 0 Å².